The average molecular weight is 195 g/mol. The highest BCUT2D eigenvalue weighted by molar-refractivity contribution is 5.71. The van der Waals surface area contributed by atoms with E-state index in [2.05, 4.69) is 4.74 Å². The summed E-state index contributed by atoms with van der Waals surface area (Å²) in [5, 5.41) is 0. The van der Waals surface area contributed by atoms with E-state index in [4.69, 9.17) is 0 Å². The second-order valence-corrected chi connectivity index (χ2v) is 3.04. The zero-order chi connectivity index (χ0) is 10.4. The maximum Gasteiger partial charge on any atom is 0.309 e. The molecule has 0 amide bonds. The molecule has 0 aromatic carbocycles. The molecule has 0 fully saturated rings. The second kappa shape index (κ2) is 5.85. The fourth-order valence-electron chi connectivity index (χ4n) is 1.05. The topological polar surface area (TPSA) is 29.5 Å². The van der Waals surface area contributed by atoms with Gasteiger partial charge in [0.15, 0.2) is 0 Å². The van der Waals surface area contributed by atoms with Gasteiger partial charge in [0, 0.05) is 6.54 Å². The van der Waals surface area contributed by atoms with Gasteiger partial charge >= 0.3 is 5.97 Å². The number of hydrogen-bond donors (Lipinski definition) is 0. The number of rotatable bonds is 5. The first kappa shape index (κ1) is 12.3. The van der Waals surface area contributed by atoms with Crippen LogP contribution in [-0.4, -0.2) is 44.5 Å². The van der Waals surface area contributed by atoms with Crippen molar-refractivity contribution in [2.24, 2.45) is 5.92 Å². The van der Waals surface area contributed by atoms with E-state index in [0.29, 0.717) is 0 Å². The minimum Gasteiger partial charge on any atom is -0.469 e. The van der Waals surface area contributed by atoms with Gasteiger partial charge in [-0.15, -0.1) is 0 Å². The molecule has 0 N–H and O–H groups in total. The molecule has 0 spiro atoms. The van der Waals surface area contributed by atoms with E-state index in [1.54, 1.807) is 14.0 Å². The molecule has 1 unspecified atom stereocenters. The maximum atomic E-state index is 11.9. The molecule has 0 aliphatic carbocycles. The first-order valence-corrected chi connectivity index (χ1v) is 4.02. The van der Waals surface area contributed by atoms with Gasteiger partial charge in [-0.05, 0) is 7.05 Å². The molecule has 0 saturated carbocycles. The Morgan fingerprint density at radius 1 is 1.46 bits per heavy atom. The highest BCUT2D eigenvalue weighted by Crippen LogP contribution is 2.02. The third-order valence-electron chi connectivity index (χ3n) is 1.64. The molecule has 0 heterocycles. The van der Waals surface area contributed by atoms with E-state index in [1.165, 1.54) is 12.0 Å². The second-order valence-electron chi connectivity index (χ2n) is 3.04. The summed E-state index contributed by atoms with van der Waals surface area (Å²) < 4.78 is 28.2. The number of carbonyl (C=O) groups is 1. The lowest BCUT2D eigenvalue weighted by atomic mass is 10.2. The van der Waals surface area contributed by atoms with Gasteiger partial charge in [0.05, 0.1) is 19.6 Å². The van der Waals surface area contributed by atoms with Crippen molar-refractivity contribution in [3.05, 3.63) is 0 Å². The Balaban J connectivity index is 3.77. The van der Waals surface area contributed by atoms with Crippen LogP contribution in [0.2, 0.25) is 0 Å². The molecular weight excluding hydrogens is 180 g/mol. The monoisotopic (exact) mass is 195 g/mol. The quantitative estimate of drug-likeness (QED) is 0.613. The number of carbonyl (C=O) groups excluding carboxylic acids is 1. The van der Waals surface area contributed by atoms with Crippen LogP contribution in [0, 0.1) is 5.92 Å². The van der Waals surface area contributed by atoms with Crippen LogP contribution < -0.4 is 0 Å². The Kier molecular flexibility index (Phi) is 5.53. The SMILES string of the molecule is COC(=O)C(C)CN(C)CC(F)F. The first-order valence-electron chi connectivity index (χ1n) is 4.02. The number of esters is 1. The summed E-state index contributed by atoms with van der Waals surface area (Å²) in [6.45, 7) is 1.62. The molecule has 13 heavy (non-hydrogen) atoms. The van der Waals surface area contributed by atoms with Gasteiger partial charge in [-0.25, -0.2) is 8.78 Å². The molecule has 0 aliphatic rings. The summed E-state index contributed by atoms with van der Waals surface area (Å²) in [7, 11) is 2.83. The van der Waals surface area contributed by atoms with Crippen molar-refractivity contribution in [3.8, 4) is 0 Å². The van der Waals surface area contributed by atoms with E-state index in [1.807, 2.05) is 0 Å². The van der Waals surface area contributed by atoms with Crippen LogP contribution in [0.15, 0.2) is 0 Å². The van der Waals surface area contributed by atoms with Crippen molar-refractivity contribution in [2.45, 2.75) is 13.3 Å². The lowest BCUT2D eigenvalue weighted by Crippen LogP contribution is -2.32. The highest BCUT2D eigenvalue weighted by atomic mass is 19.3. The molecule has 0 radical (unpaired) electrons. The van der Waals surface area contributed by atoms with Crippen molar-refractivity contribution < 1.29 is 18.3 Å². The largest absolute Gasteiger partial charge is 0.469 e. The highest BCUT2D eigenvalue weighted by Gasteiger charge is 2.17. The third-order valence-corrected chi connectivity index (χ3v) is 1.64. The third kappa shape index (κ3) is 5.52. The predicted octanol–water partition coefficient (Wildman–Crippen LogP) is 0.992. The molecule has 78 valence electrons. The van der Waals surface area contributed by atoms with Crippen molar-refractivity contribution in [1.29, 1.82) is 0 Å². The van der Waals surface area contributed by atoms with Crippen LogP contribution in [0.3, 0.4) is 0 Å². The Labute approximate surface area is 76.7 Å². The molecule has 0 rings (SSSR count). The molecule has 0 aromatic heterocycles. The number of methoxy groups -OCH3 is 1. The molecule has 0 bridgehead atoms. The van der Waals surface area contributed by atoms with Crippen LogP contribution in [0.4, 0.5) is 8.78 Å². The fourth-order valence-corrected chi connectivity index (χ4v) is 1.05. The Bertz CT molecular complexity index is 164. The summed E-state index contributed by atoms with van der Waals surface area (Å²) >= 11 is 0. The van der Waals surface area contributed by atoms with Crippen LogP contribution >= 0.6 is 0 Å². The van der Waals surface area contributed by atoms with Gasteiger partial charge in [-0.1, -0.05) is 6.92 Å². The average Bonchev–Trinajstić information content (AvgIpc) is 2.01. The Morgan fingerprint density at radius 2 is 2.00 bits per heavy atom. The minimum absolute atomic E-state index is 0.289. The Morgan fingerprint density at radius 3 is 2.38 bits per heavy atom. The summed E-state index contributed by atoms with van der Waals surface area (Å²) in [6, 6.07) is 0. The standard InChI is InChI=1S/C8H15F2NO2/c1-6(8(12)13-3)4-11(2)5-7(9)10/h6-7H,4-5H2,1-3H3. The van der Waals surface area contributed by atoms with Crippen molar-refractivity contribution in [2.75, 3.05) is 27.2 Å². The smallest absolute Gasteiger partial charge is 0.309 e. The molecule has 0 aromatic rings. The molecule has 0 aliphatic heterocycles. The van der Waals surface area contributed by atoms with Crippen LogP contribution in [-0.2, 0) is 9.53 Å². The maximum absolute atomic E-state index is 11.9. The molecule has 3 nitrogen and oxygen atoms in total. The summed E-state index contributed by atoms with van der Waals surface area (Å²) in [4.78, 5) is 12.3. The van der Waals surface area contributed by atoms with E-state index in [-0.39, 0.29) is 25.0 Å². The van der Waals surface area contributed by atoms with Gasteiger partial charge in [0.25, 0.3) is 6.43 Å². The zero-order valence-electron chi connectivity index (χ0n) is 8.09. The lowest BCUT2D eigenvalue weighted by Gasteiger charge is -2.18. The fraction of sp³-hybridized carbons (Fsp3) is 0.875. The van der Waals surface area contributed by atoms with Gasteiger partial charge < -0.3 is 4.74 Å². The van der Waals surface area contributed by atoms with E-state index < -0.39 is 6.43 Å². The van der Waals surface area contributed by atoms with Gasteiger partial charge in [0.1, 0.15) is 0 Å². The number of hydrogen-bond acceptors (Lipinski definition) is 3. The zero-order valence-corrected chi connectivity index (χ0v) is 8.09. The van der Waals surface area contributed by atoms with E-state index in [9.17, 15) is 13.6 Å². The number of nitrogens with zero attached hydrogens (tertiary/aromatic N) is 1. The predicted molar refractivity (Wildman–Crippen MR) is 44.7 cm³/mol. The summed E-state index contributed by atoms with van der Waals surface area (Å²) in [5.41, 5.74) is 0. The van der Waals surface area contributed by atoms with Crippen molar-refractivity contribution in [1.82, 2.24) is 4.90 Å². The van der Waals surface area contributed by atoms with E-state index >= 15 is 0 Å². The molecule has 0 saturated heterocycles. The normalized spacial score (nSPS) is 13.5. The van der Waals surface area contributed by atoms with Crippen LogP contribution in [0.25, 0.3) is 0 Å². The first-order chi connectivity index (χ1) is 5.97. The summed E-state index contributed by atoms with van der Waals surface area (Å²) in [6.07, 6.45) is -2.37. The Hall–Kier alpha value is -0.710. The van der Waals surface area contributed by atoms with Gasteiger partial charge in [0.2, 0.25) is 0 Å². The molecule has 1 atom stereocenters. The van der Waals surface area contributed by atoms with E-state index in [0.717, 1.165) is 0 Å². The minimum atomic E-state index is -2.37. The van der Waals surface area contributed by atoms with Gasteiger partial charge in [-0.3, -0.25) is 9.69 Å². The van der Waals surface area contributed by atoms with Gasteiger partial charge in [-0.2, -0.15) is 0 Å². The van der Waals surface area contributed by atoms with Crippen LogP contribution in [0.5, 0.6) is 0 Å². The lowest BCUT2D eigenvalue weighted by molar-refractivity contribution is -0.145. The van der Waals surface area contributed by atoms with Crippen molar-refractivity contribution in [3.63, 3.8) is 0 Å². The van der Waals surface area contributed by atoms with Crippen LogP contribution in [0.1, 0.15) is 6.92 Å². The number of halogens is 2. The molecular formula is C8H15F2NO2. The van der Waals surface area contributed by atoms with Crippen molar-refractivity contribution >= 4 is 5.97 Å². The number of ether oxygens (including phenoxy) is 1. The molecule has 5 heteroatoms. The summed E-state index contributed by atoms with van der Waals surface area (Å²) in [5.74, 6) is -0.741. The number of alkyl halides is 2.